The number of benzene rings is 3. The molecule has 0 saturated carbocycles. The molecule has 0 saturated heterocycles. The Kier molecular flexibility index (Phi) is 11.4. The van der Waals surface area contributed by atoms with Crippen molar-refractivity contribution in [3.63, 3.8) is 0 Å². The Labute approximate surface area is 232 Å². The number of nitrogens with one attached hydrogen (secondary N) is 1. The van der Waals surface area contributed by atoms with Crippen molar-refractivity contribution in [2.75, 3.05) is 13.7 Å². The van der Waals surface area contributed by atoms with E-state index in [1.807, 2.05) is 36.4 Å². The lowest BCUT2D eigenvalue weighted by molar-refractivity contribution is -0.274. The van der Waals surface area contributed by atoms with Crippen molar-refractivity contribution in [2.24, 2.45) is 0 Å². The van der Waals surface area contributed by atoms with Crippen molar-refractivity contribution in [1.82, 2.24) is 5.32 Å². The summed E-state index contributed by atoms with van der Waals surface area (Å²) in [7, 11) is 1.30. The molecule has 0 radical (unpaired) electrons. The van der Waals surface area contributed by atoms with Gasteiger partial charge in [0, 0.05) is 12.1 Å². The van der Waals surface area contributed by atoms with E-state index in [9.17, 15) is 22.8 Å². The van der Waals surface area contributed by atoms with Gasteiger partial charge in [-0.05, 0) is 65.9 Å². The molecular formula is C31H34F3NO5. The maximum atomic E-state index is 12.4. The Hall–Kier alpha value is -4.01. The van der Waals surface area contributed by atoms with Crippen LogP contribution in [0.3, 0.4) is 0 Å². The molecular weight excluding hydrogens is 523 g/mol. The van der Waals surface area contributed by atoms with Crippen LogP contribution in [0.5, 0.6) is 11.5 Å². The number of carbonyl (C=O) groups is 2. The van der Waals surface area contributed by atoms with Gasteiger partial charge in [0.25, 0.3) is 5.91 Å². The molecule has 0 heterocycles. The molecule has 0 spiro atoms. The molecule has 3 aromatic rings. The van der Waals surface area contributed by atoms with Crippen LogP contribution in [0.4, 0.5) is 13.2 Å². The fourth-order valence-electron chi connectivity index (χ4n) is 4.12. The van der Waals surface area contributed by atoms with Gasteiger partial charge in [0.15, 0.2) is 0 Å². The van der Waals surface area contributed by atoms with E-state index in [0.29, 0.717) is 11.3 Å². The first-order valence-electron chi connectivity index (χ1n) is 13.3. The lowest BCUT2D eigenvalue weighted by atomic mass is 10.0. The number of alkyl halides is 3. The smallest absolute Gasteiger partial charge is 0.486 e. The average molecular weight is 558 g/mol. The minimum atomic E-state index is -4.73. The minimum Gasteiger partial charge on any atom is -0.486 e. The predicted octanol–water partition coefficient (Wildman–Crippen LogP) is 7.64. The Morgan fingerprint density at radius 3 is 1.98 bits per heavy atom. The van der Waals surface area contributed by atoms with Crippen LogP contribution in [0.2, 0.25) is 0 Å². The molecule has 214 valence electrons. The topological polar surface area (TPSA) is 73.9 Å². The number of unbranched alkanes of at least 4 members (excludes halogenated alkanes) is 3. The van der Waals surface area contributed by atoms with Crippen molar-refractivity contribution in [2.45, 2.75) is 57.9 Å². The number of halogens is 3. The summed E-state index contributed by atoms with van der Waals surface area (Å²) < 4.78 is 52.1. The number of hydrogen-bond donors (Lipinski definition) is 1. The molecule has 0 fully saturated rings. The number of amides is 1. The first kappa shape index (κ1) is 30.5. The highest BCUT2D eigenvalue weighted by Gasteiger charge is 2.31. The third-order valence-electron chi connectivity index (χ3n) is 6.26. The fourth-order valence-corrected chi connectivity index (χ4v) is 4.12. The zero-order valence-electron chi connectivity index (χ0n) is 22.6. The Bertz CT molecular complexity index is 1210. The summed E-state index contributed by atoms with van der Waals surface area (Å²) in [6.07, 6.45) is 0.277. The first-order valence-corrected chi connectivity index (χ1v) is 13.3. The highest BCUT2D eigenvalue weighted by molar-refractivity contribution is 5.94. The normalized spacial score (nSPS) is 11.9. The highest BCUT2D eigenvalue weighted by Crippen LogP contribution is 2.31. The number of hydrogen-bond acceptors (Lipinski definition) is 5. The van der Waals surface area contributed by atoms with Crippen LogP contribution in [0.25, 0.3) is 11.1 Å². The van der Waals surface area contributed by atoms with E-state index in [1.54, 1.807) is 24.3 Å². The van der Waals surface area contributed by atoms with E-state index in [4.69, 9.17) is 4.74 Å². The summed E-state index contributed by atoms with van der Waals surface area (Å²) in [6.45, 7) is 2.35. The molecule has 0 aliphatic rings. The molecule has 1 unspecified atom stereocenters. The Morgan fingerprint density at radius 2 is 1.43 bits per heavy atom. The predicted molar refractivity (Wildman–Crippen MR) is 146 cm³/mol. The van der Waals surface area contributed by atoms with Gasteiger partial charge in [-0.3, -0.25) is 9.59 Å². The van der Waals surface area contributed by atoms with Gasteiger partial charge in [0.05, 0.1) is 13.5 Å². The van der Waals surface area contributed by atoms with E-state index in [-0.39, 0.29) is 36.7 Å². The second-order valence-corrected chi connectivity index (χ2v) is 9.26. The maximum absolute atomic E-state index is 12.4. The van der Waals surface area contributed by atoms with E-state index < -0.39 is 6.36 Å². The van der Waals surface area contributed by atoms with Gasteiger partial charge >= 0.3 is 12.3 Å². The molecule has 9 heteroatoms. The summed E-state index contributed by atoms with van der Waals surface area (Å²) in [5.41, 5.74) is 2.99. The standard InChI is InChI=1S/C31H34F3NO5/c1-3-4-5-6-7-28(24-8-10-25(11-9-24)30(37)35-21-20-29(36)38-2)39-26-16-12-22(13-17-26)23-14-18-27(19-15-23)40-31(32,33)34/h8-19,28H,3-7,20-21H2,1-2H3,(H,35,37). The van der Waals surface area contributed by atoms with Gasteiger partial charge in [0.2, 0.25) is 0 Å². The molecule has 1 amide bonds. The molecule has 40 heavy (non-hydrogen) atoms. The summed E-state index contributed by atoms with van der Waals surface area (Å²) >= 11 is 0. The van der Waals surface area contributed by atoms with Crippen LogP contribution in [0.15, 0.2) is 72.8 Å². The monoisotopic (exact) mass is 557 g/mol. The van der Waals surface area contributed by atoms with Crippen LogP contribution in [0, 0.1) is 0 Å². The van der Waals surface area contributed by atoms with Gasteiger partial charge in [-0.25, -0.2) is 0 Å². The molecule has 3 aromatic carbocycles. The number of ether oxygens (including phenoxy) is 3. The number of rotatable bonds is 14. The lowest BCUT2D eigenvalue weighted by Crippen LogP contribution is -2.26. The van der Waals surface area contributed by atoms with Gasteiger partial charge < -0.3 is 19.5 Å². The Morgan fingerprint density at radius 1 is 0.825 bits per heavy atom. The molecule has 1 N–H and O–H groups in total. The SMILES string of the molecule is CCCCCCC(Oc1ccc(-c2ccc(OC(F)(F)F)cc2)cc1)c1ccc(C(=O)NCCC(=O)OC)cc1. The molecule has 0 bridgehead atoms. The van der Waals surface area contributed by atoms with Crippen LogP contribution in [-0.2, 0) is 9.53 Å². The van der Waals surface area contributed by atoms with Crippen molar-refractivity contribution in [3.05, 3.63) is 83.9 Å². The van der Waals surface area contributed by atoms with Crippen LogP contribution < -0.4 is 14.8 Å². The average Bonchev–Trinajstić information content (AvgIpc) is 2.94. The number of carbonyl (C=O) groups excluding carboxylic acids is 2. The number of methoxy groups -OCH3 is 1. The largest absolute Gasteiger partial charge is 0.573 e. The zero-order chi connectivity index (χ0) is 29.0. The van der Waals surface area contributed by atoms with Gasteiger partial charge in [-0.2, -0.15) is 0 Å². The van der Waals surface area contributed by atoms with E-state index in [2.05, 4.69) is 21.7 Å². The van der Waals surface area contributed by atoms with E-state index in [1.165, 1.54) is 19.2 Å². The summed E-state index contributed by atoms with van der Waals surface area (Å²) in [5.74, 6) is -0.276. The maximum Gasteiger partial charge on any atom is 0.573 e. The van der Waals surface area contributed by atoms with Crippen molar-refractivity contribution >= 4 is 11.9 Å². The molecule has 0 aliphatic heterocycles. The summed E-state index contributed by atoms with van der Waals surface area (Å²) in [6, 6.07) is 20.3. The lowest BCUT2D eigenvalue weighted by Gasteiger charge is -2.20. The van der Waals surface area contributed by atoms with Crippen LogP contribution in [-0.4, -0.2) is 31.9 Å². The molecule has 6 nitrogen and oxygen atoms in total. The van der Waals surface area contributed by atoms with Gasteiger partial charge in [0.1, 0.15) is 17.6 Å². The third kappa shape index (κ3) is 9.94. The van der Waals surface area contributed by atoms with Crippen molar-refractivity contribution in [3.8, 4) is 22.6 Å². The second-order valence-electron chi connectivity index (χ2n) is 9.26. The van der Waals surface area contributed by atoms with Crippen molar-refractivity contribution in [1.29, 1.82) is 0 Å². The molecule has 0 aromatic heterocycles. The molecule has 1 atom stereocenters. The highest BCUT2D eigenvalue weighted by atomic mass is 19.4. The third-order valence-corrected chi connectivity index (χ3v) is 6.26. The van der Waals surface area contributed by atoms with E-state index >= 15 is 0 Å². The number of esters is 1. The van der Waals surface area contributed by atoms with Crippen molar-refractivity contribution < 1.29 is 37.0 Å². The van der Waals surface area contributed by atoms with Crippen LogP contribution >= 0.6 is 0 Å². The quantitative estimate of drug-likeness (QED) is 0.163. The van der Waals surface area contributed by atoms with Crippen LogP contribution in [0.1, 0.15) is 67.5 Å². The van der Waals surface area contributed by atoms with Gasteiger partial charge in [-0.15, -0.1) is 13.2 Å². The molecule has 0 aliphatic carbocycles. The first-order chi connectivity index (χ1) is 19.2. The Balaban J connectivity index is 1.67. The van der Waals surface area contributed by atoms with Gasteiger partial charge in [-0.1, -0.05) is 62.6 Å². The minimum absolute atomic E-state index is 0.102. The van der Waals surface area contributed by atoms with E-state index in [0.717, 1.165) is 48.8 Å². The summed E-state index contributed by atoms with van der Waals surface area (Å²) in [4.78, 5) is 23.7. The summed E-state index contributed by atoms with van der Waals surface area (Å²) in [5, 5.41) is 2.70. The zero-order valence-corrected chi connectivity index (χ0v) is 22.6. The molecule has 3 rings (SSSR count). The second kappa shape index (κ2) is 15.0. The fraction of sp³-hybridized carbons (Fsp3) is 0.355.